The summed E-state index contributed by atoms with van der Waals surface area (Å²) in [6, 6.07) is 8.35. The van der Waals surface area contributed by atoms with Crippen LogP contribution in [0.4, 0.5) is 0 Å². The Morgan fingerprint density at radius 3 is 2.45 bits per heavy atom. The second-order valence-corrected chi connectivity index (χ2v) is 12.9. The smallest absolute Gasteiger partial charge is 0.314 e. The number of esters is 1. The number of fused-ring (bicyclic) bond motifs is 5. The summed E-state index contributed by atoms with van der Waals surface area (Å²) in [7, 11) is 0. The third kappa shape index (κ3) is 3.63. The van der Waals surface area contributed by atoms with Crippen molar-refractivity contribution in [3.05, 3.63) is 29.8 Å². The van der Waals surface area contributed by atoms with Gasteiger partial charge in [0.25, 0.3) is 0 Å². The third-order valence-electron chi connectivity index (χ3n) is 10.3. The van der Waals surface area contributed by atoms with Gasteiger partial charge in [-0.15, -0.1) is 0 Å². The van der Waals surface area contributed by atoms with Crippen molar-refractivity contribution in [2.24, 2.45) is 34.5 Å². The highest BCUT2D eigenvalue weighted by Crippen LogP contribution is 2.65. The van der Waals surface area contributed by atoms with Crippen molar-refractivity contribution in [1.82, 2.24) is 5.32 Å². The number of ether oxygens (including phenoxy) is 1. The van der Waals surface area contributed by atoms with E-state index in [9.17, 15) is 9.59 Å². The second kappa shape index (κ2) is 7.85. The van der Waals surface area contributed by atoms with Crippen LogP contribution in [0.2, 0.25) is 0 Å². The topological polar surface area (TPSA) is 55.4 Å². The lowest BCUT2D eigenvalue weighted by molar-refractivity contribution is -0.150. The van der Waals surface area contributed by atoms with Crippen molar-refractivity contribution in [3.8, 4) is 5.75 Å². The van der Waals surface area contributed by atoms with Crippen LogP contribution < -0.4 is 10.1 Å². The van der Waals surface area contributed by atoms with E-state index in [1.54, 1.807) is 0 Å². The van der Waals surface area contributed by atoms with Crippen LogP contribution in [-0.2, 0) is 15.0 Å². The number of benzene rings is 1. The molecule has 180 valence electrons. The van der Waals surface area contributed by atoms with Gasteiger partial charge in [-0.05, 0) is 85.0 Å². The molecule has 0 unspecified atom stereocenters. The predicted molar refractivity (Wildman–Crippen MR) is 130 cm³/mol. The zero-order valence-electron chi connectivity index (χ0n) is 21.1. The molecule has 3 aliphatic carbocycles. The van der Waals surface area contributed by atoms with Crippen molar-refractivity contribution in [1.29, 1.82) is 0 Å². The Labute approximate surface area is 199 Å². The van der Waals surface area contributed by atoms with E-state index >= 15 is 0 Å². The lowest BCUT2D eigenvalue weighted by Crippen LogP contribution is -2.61. The number of nitrogens with one attached hydrogen (secondary N) is 1. The van der Waals surface area contributed by atoms with Crippen LogP contribution >= 0.6 is 0 Å². The van der Waals surface area contributed by atoms with Crippen LogP contribution in [0.5, 0.6) is 5.75 Å². The maximum atomic E-state index is 13.6. The molecule has 3 saturated carbocycles. The molecule has 0 bridgehead atoms. The first-order valence-electron chi connectivity index (χ1n) is 13.1. The molecule has 33 heavy (non-hydrogen) atoms. The molecule has 4 aliphatic rings. The van der Waals surface area contributed by atoms with Gasteiger partial charge in [0.15, 0.2) is 0 Å². The van der Waals surface area contributed by atoms with Crippen molar-refractivity contribution in [2.75, 3.05) is 0 Å². The molecule has 0 spiro atoms. The molecule has 1 amide bonds. The van der Waals surface area contributed by atoms with Crippen LogP contribution in [0.25, 0.3) is 0 Å². The minimum atomic E-state index is -0.0689. The molecule has 1 aromatic rings. The monoisotopic (exact) mass is 451 g/mol. The fourth-order valence-electron chi connectivity index (χ4n) is 8.44. The molecule has 1 aliphatic heterocycles. The van der Waals surface area contributed by atoms with E-state index in [1.165, 1.54) is 12.8 Å². The maximum Gasteiger partial charge on any atom is 0.314 e. The molecular weight excluding hydrogens is 410 g/mol. The molecule has 5 rings (SSSR count). The highest BCUT2D eigenvalue weighted by molar-refractivity contribution is 5.78. The highest BCUT2D eigenvalue weighted by atomic mass is 16.5. The fourth-order valence-corrected chi connectivity index (χ4v) is 8.44. The van der Waals surface area contributed by atoms with E-state index in [1.807, 2.05) is 18.2 Å². The summed E-state index contributed by atoms with van der Waals surface area (Å²) in [5, 5.41) is 3.32. The van der Waals surface area contributed by atoms with Crippen LogP contribution in [0.1, 0.15) is 91.5 Å². The summed E-state index contributed by atoms with van der Waals surface area (Å²) in [5.74, 6) is 2.82. The second-order valence-electron chi connectivity index (χ2n) is 12.9. The molecule has 1 saturated heterocycles. The molecule has 0 radical (unpaired) electrons. The van der Waals surface area contributed by atoms with E-state index in [0.717, 1.165) is 43.4 Å². The Kier molecular flexibility index (Phi) is 5.45. The highest BCUT2D eigenvalue weighted by Gasteiger charge is 2.61. The number of piperidine rings is 1. The molecule has 1 heterocycles. The SMILES string of the molecule is CC(C)(C)c1ccccc1OC(=O)[C@H]1CC[C@H]2[C@@H]3CC[C@H]4NC(=O)CC[C@]4(C)[C@H]3CC[C@]12C. The van der Waals surface area contributed by atoms with Gasteiger partial charge in [-0.25, -0.2) is 0 Å². The van der Waals surface area contributed by atoms with Gasteiger partial charge in [0.05, 0.1) is 5.92 Å². The number of amides is 1. The quantitative estimate of drug-likeness (QED) is 0.441. The minimum absolute atomic E-state index is 0.0203. The largest absolute Gasteiger partial charge is 0.426 e. The molecule has 4 nitrogen and oxygen atoms in total. The van der Waals surface area contributed by atoms with Gasteiger partial charge >= 0.3 is 5.97 Å². The minimum Gasteiger partial charge on any atom is -0.426 e. The standard InChI is InChI=1S/C29H41NO3/c1-27(2,3)21-8-6-7-9-23(21)33-26(32)22-12-11-19-18-10-13-24-29(5,17-15-25(31)30-24)20(18)14-16-28(19,22)4/h6-9,18-20,22,24H,10-17H2,1-5H3,(H,30,31)/t18-,19-,20-,22+,24+,28-,29+/m0/s1. The summed E-state index contributed by atoms with van der Waals surface area (Å²) < 4.78 is 6.14. The van der Waals surface area contributed by atoms with Crippen molar-refractivity contribution in [2.45, 2.75) is 97.4 Å². The average molecular weight is 452 g/mol. The average Bonchev–Trinajstić information content (AvgIpc) is 3.11. The Balaban J connectivity index is 1.36. The van der Waals surface area contributed by atoms with Gasteiger partial charge < -0.3 is 10.1 Å². The van der Waals surface area contributed by atoms with E-state index < -0.39 is 0 Å². The summed E-state index contributed by atoms with van der Waals surface area (Å²) in [5.41, 5.74) is 1.26. The fraction of sp³-hybridized carbons (Fsp3) is 0.724. The molecule has 1 N–H and O–H groups in total. The van der Waals surface area contributed by atoms with Crippen molar-refractivity contribution < 1.29 is 14.3 Å². The number of carbonyl (C=O) groups is 2. The molecule has 4 fully saturated rings. The summed E-state index contributed by atoms with van der Waals surface area (Å²) in [4.78, 5) is 25.6. The van der Waals surface area contributed by atoms with Crippen LogP contribution in [0.15, 0.2) is 24.3 Å². The summed E-state index contributed by atoms with van der Waals surface area (Å²) >= 11 is 0. The molecule has 1 aromatic carbocycles. The van der Waals surface area contributed by atoms with Gasteiger partial charge in [-0.2, -0.15) is 0 Å². The van der Waals surface area contributed by atoms with Crippen LogP contribution in [0, 0.1) is 34.5 Å². The third-order valence-corrected chi connectivity index (χ3v) is 10.3. The van der Waals surface area contributed by atoms with Gasteiger partial charge in [0.2, 0.25) is 5.91 Å². The molecule has 7 atom stereocenters. The predicted octanol–water partition coefficient (Wildman–Crippen LogP) is 6.03. The number of hydrogen-bond donors (Lipinski definition) is 1. The Bertz CT molecular complexity index is 948. The number of hydrogen-bond acceptors (Lipinski definition) is 3. The van der Waals surface area contributed by atoms with E-state index in [4.69, 9.17) is 4.74 Å². The van der Waals surface area contributed by atoms with Gasteiger partial charge in [0.1, 0.15) is 5.75 Å². The Morgan fingerprint density at radius 1 is 0.970 bits per heavy atom. The van der Waals surface area contributed by atoms with Crippen LogP contribution in [-0.4, -0.2) is 17.9 Å². The van der Waals surface area contributed by atoms with Gasteiger partial charge in [0, 0.05) is 18.0 Å². The van der Waals surface area contributed by atoms with Crippen LogP contribution in [0.3, 0.4) is 0 Å². The van der Waals surface area contributed by atoms with Gasteiger partial charge in [-0.1, -0.05) is 52.8 Å². The number of carbonyl (C=O) groups excluding carboxylic acids is 2. The lowest BCUT2D eigenvalue weighted by atomic mass is 9.47. The zero-order chi connectivity index (χ0) is 23.6. The zero-order valence-corrected chi connectivity index (χ0v) is 21.1. The van der Waals surface area contributed by atoms with Gasteiger partial charge in [-0.3, -0.25) is 9.59 Å². The van der Waals surface area contributed by atoms with E-state index in [2.05, 4.69) is 46.0 Å². The molecular formula is C29H41NO3. The van der Waals surface area contributed by atoms with E-state index in [-0.39, 0.29) is 34.0 Å². The molecule has 0 aromatic heterocycles. The first kappa shape index (κ1) is 22.9. The van der Waals surface area contributed by atoms with Crippen molar-refractivity contribution >= 4 is 11.9 Å². The number of para-hydroxylation sites is 1. The normalized spacial score (nSPS) is 40.3. The maximum absolute atomic E-state index is 13.6. The van der Waals surface area contributed by atoms with E-state index in [0.29, 0.717) is 30.2 Å². The summed E-state index contributed by atoms with van der Waals surface area (Å²) in [6.45, 7) is 11.3. The molecule has 4 heteroatoms. The van der Waals surface area contributed by atoms with Crippen molar-refractivity contribution in [3.63, 3.8) is 0 Å². The Morgan fingerprint density at radius 2 is 1.70 bits per heavy atom. The Hall–Kier alpha value is -1.84. The number of rotatable bonds is 2. The lowest BCUT2D eigenvalue weighted by Gasteiger charge is -2.60. The first-order chi connectivity index (χ1) is 15.5. The summed E-state index contributed by atoms with van der Waals surface area (Å²) in [6.07, 6.45) is 8.29. The first-order valence-corrected chi connectivity index (χ1v) is 13.1.